The third-order valence-electron chi connectivity index (χ3n) is 1.78. The van der Waals surface area contributed by atoms with Crippen LogP contribution in [0.15, 0.2) is 18.2 Å². The Morgan fingerprint density at radius 3 is 2.80 bits per heavy atom. The van der Waals surface area contributed by atoms with Crippen molar-refractivity contribution in [2.75, 3.05) is 12.4 Å². The molecule has 0 aliphatic rings. The second-order valence-corrected chi connectivity index (χ2v) is 3.61. The molecule has 0 fully saturated rings. The quantitative estimate of drug-likeness (QED) is 0.812. The summed E-state index contributed by atoms with van der Waals surface area (Å²) in [5.41, 5.74) is 0.450. The van der Waals surface area contributed by atoms with Crippen molar-refractivity contribution in [3.8, 4) is 5.75 Å². The van der Waals surface area contributed by atoms with Crippen molar-refractivity contribution in [3.05, 3.63) is 24.0 Å². The summed E-state index contributed by atoms with van der Waals surface area (Å²) in [4.78, 5) is 11.2. The predicted molar refractivity (Wildman–Crippen MR) is 56.9 cm³/mol. The molecule has 1 rings (SSSR count). The molecular weight excluding hydrogens is 221 g/mol. The van der Waals surface area contributed by atoms with Gasteiger partial charge in [0.2, 0.25) is 5.91 Å². The van der Waals surface area contributed by atoms with E-state index in [-0.39, 0.29) is 11.7 Å². The fourth-order valence-corrected chi connectivity index (χ4v) is 1.03. The van der Waals surface area contributed by atoms with Crippen LogP contribution in [-0.2, 0) is 4.79 Å². The molecule has 0 radical (unpaired) electrons. The molecule has 0 spiro atoms. The van der Waals surface area contributed by atoms with Gasteiger partial charge in [-0.2, -0.15) is 0 Å². The number of benzene rings is 1. The van der Waals surface area contributed by atoms with Gasteiger partial charge in [0.25, 0.3) is 0 Å². The molecule has 0 heterocycles. The number of carbonyl (C=O) groups excluding carboxylic acids is 1. The van der Waals surface area contributed by atoms with Gasteiger partial charge in [-0.1, -0.05) is 0 Å². The molecule has 1 aromatic carbocycles. The van der Waals surface area contributed by atoms with Crippen LogP contribution in [0.1, 0.15) is 6.92 Å². The maximum Gasteiger partial charge on any atom is 0.242 e. The van der Waals surface area contributed by atoms with Gasteiger partial charge in [0.05, 0.1) is 7.11 Å². The lowest BCUT2D eigenvalue weighted by Crippen LogP contribution is -2.20. The van der Waals surface area contributed by atoms with Crippen molar-refractivity contribution in [3.63, 3.8) is 0 Å². The molecule has 1 unspecified atom stereocenters. The zero-order valence-electron chi connectivity index (χ0n) is 8.38. The van der Waals surface area contributed by atoms with Gasteiger partial charge < -0.3 is 10.1 Å². The molecule has 0 aromatic heterocycles. The van der Waals surface area contributed by atoms with Gasteiger partial charge in [-0.25, -0.2) is 4.39 Å². The molecule has 0 aliphatic heterocycles. The number of amides is 1. The predicted octanol–water partition coefficient (Wildman–Crippen LogP) is 2.40. The van der Waals surface area contributed by atoms with E-state index in [0.29, 0.717) is 5.69 Å². The van der Waals surface area contributed by atoms with Gasteiger partial charge in [0.1, 0.15) is 5.38 Å². The van der Waals surface area contributed by atoms with Crippen LogP contribution >= 0.6 is 11.6 Å². The molecule has 3 nitrogen and oxygen atoms in total. The van der Waals surface area contributed by atoms with Crippen molar-refractivity contribution >= 4 is 23.2 Å². The van der Waals surface area contributed by atoms with Crippen molar-refractivity contribution < 1.29 is 13.9 Å². The molecule has 15 heavy (non-hydrogen) atoms. The minimum Gasteiger partial charge on any atom is -0.494 e. The molecule has 1 N–H and O–H groups in total. The zero-order chi connectivity index (χ0) is 11.4. The lowest BCUT2D eigenvalue weighted by atomic mass is 10.3. The third-order valence-corrected chi connectivity index (χ3v) is 1.98. The molecule has 0 saturated carbocycles. The Bertz CT molecular complexity index is 368. The number of halogens is 2. The molecule has 1 amide bonds. The summed E-state index contributed by atoms with van der Waals surface area (Å²) >= 11 is 5.57. The number of anilines is 1. The number of rotatable bonds is 3. The van der Waals surface area contributed by atoms with E-state index in [2.05, 4.69) is 5.32 Å². The van der Waals surface area contributed by atoms with Crippen LogP contribution in [0, 0.1) is 5.82 Å². The average Bonchev–Trinajstić information content (AvgIpc) is 2.20. The van der Waals surface area contributed by atoms with Crippen molar-refractivity contribution in [1.82, 2.24) is 0 Å². The van der Waals surface area contributed by atoms with E-state index in [9.17, 15) is 9.18 Å². The van der Waals surface area contributed by atoms with Crippen LogP contribution in [0.25, 0.3) is 0 Å². The standard InChI is InChI=1S/C10H11ClFNO2/c1-6(11)10(14)13-7-3-4-8(12)9(5-7)15-2/h3-6H,1-2H3,(H,13,14). The third kappa shape index (κ3) is 3.09. The minimum absolute atomic E-state index is 0.0787. The number of ether oxygens (including phenoxy) is 1. The van der Waals surface area contributed by atoms with E-state index in [1.165, 1.54) is 25.3 Å². The molecule has 5 heteroatoms. The summed E-state index contributed by atoms with van der Waals surface area (Å²) in [6.07, 6.45) is 0. The maximum atomic E-state index is 13.0. The largest absolute Gasteiger partial charge is 0.494 e. The topological polar surface area (TPSA) is 38.3 Å². The molecule has 1 atom stereocenters. The first-order chi connectivity index (χ1) is 7.04. The lowest BCUT2D eigenvalue weighted by Gasteiger charge is -2.08. The van der Waals surface area contributed by atoms with E-state index < -0.39 is 11.2 Å². The number of alkyl halides is 1. The van der Waals surface area contributed by atoms with Gasteiger partial charge in [-0.3, -0.25) is 4.79 Å². The van der Waals surface area contributed by atoms with Gasteiger partial charge in [-0.05, 0) is 19.1 Å². The second-order valence-electron chi connectivity index (χ2n) is 2.95. The fraction of sp³-hybridized carbons (Fsp3) is 0.300. The zero-order valence-corrected chi connectivity index (χ0v) is 9.14. The Labute approximate surface area is 92.2 Å². The monoisotopic (exact) mass is 231 g/mol. The summed E-state index contributed by atoms with van der Waals surface area (Å²) in [6.45, 7) is 1.55. The highest BCUT2D eigenvalue weighted by atomic mass is 35.5. The fourth-order valence-electron chi connectivity index (χ4n) is 0.979. The number of nitrogens with one attached hydrogen (secondary N) is 1. The van der Waals surface area contributed by atoms with Crippen molar-refractivity contribution in [1.29, 1.82) is 0 Å². The number of carbonyl (C=O) groups is 1. The SMILES string of the molecule is COc1cc(NC(=O)C(C)Cl)ccc1F. The Morgan fingerprint density at radius 2 is 2.27 bits per heavy atom. The smallest absolute Gasteiger partial charge is 0.242 e. The van der Waals surface area contributed by atoms with Crippen LogP contribution in [0.2, 0.25) is 0 Å². The average molecular weight is 232 g/mol. The molecule has 82 valence electrons. The molecule has 0 bridgehead atoms. The summed E-state index contributed by atoms with van der Waals surface area (Å²) in [6, 6.07) is 4.05. The van der Waals surface area contributed by atoms with Gasteiger partial charge in [0.15, 0.2) is 11.6 Å². The highest BCUT2D eigenvalue weighted by Gasteiger charge is 2.10. The molecule has 0 aliphatic carbocycles. The summed E-state index contributed by atoms with van der Waals surface area (Å²) < 4.78 is 17.8. The maximum absolute atomic E-state index is 13.0. The Balaban J connectivity index is 2.83. The van der Waals surface area contributed by atoms with Gasteiger partial charge >= 0.3 is 0 Å². The highest BCUT2D eigenvalue weighted by Crippen LogP contribution is 2.21. The first-order valence-corrected chi connectivity index (χ1v) is 4.76. The lowest BCUT2D eigenvalue weighted by molar-refractivity contribution is -0.115. The molecule has 0 saturated heterocycles. The van der Waals surface area contributed by atoms with Crippen molar-refractivity contribution in [2.24, 2.45) is 0 Å². The van der Waals surface area contributed by atoms with E-state index >= 15 is 0 Å². The van der Waals surface area contributed by atoms with Crippen molar-refractivity contribution in [2.45, 2.75) is 12.3 Å². The van der Waals surface area contributed by atoms with E-state index in [0.717, 1.165) is 0 Å². The first kappa shape index (κ1) is 11.8. The Morgan fingerprint density at radius 1 is 1.60 bits per heavy atom. The normalized spacial score (nSPS) is 12.0. The van der Waals surface area contributed by atoms with E-state index in [1.807, 2.05) is 0 Å². The van der Waals surface area contributed by atoms with Gasteiger partial charge in [-0.15, -0.1) is 11.6 Å². The molecule has 1 aromatic rings. The summed E-state index contributed by atoms with van der Waals surface area (Å²) in [5.74, 6) is -0.741. The number of hydrogen-bond donors (Lipinski definition) is 1. The first-order valence-electron chi connectivity index (χ1n) is 4.33. The molecular formula is C10H11ClFNO2. The second kappa shape index (κ2) is 4.98. The van der Waals surface area contributed by atoms with E-state index in [4.69, 9.17) is 16.3 Å². The number of hydrogen-bond acceptors (Lipinski definition) is 2. The Hall–Kier alpha value is -1.29. The summed E-state index contributed by atoms with van der Waals surface area (Å²) in [7, 11) is 1.36. The summed E-state index contributed by atoms with van der Waals surface area (Å²) in [5, 5.41) is 1.89. The Kier molecular flexibility index (Phi) is 3.91. The van der Waals surface area contributed by atoms with Crippen LogP contribution in [0.5, 0.6) is 5.75 Å². The number of methoxy groups -OCH3 is 1. The van der Waals surface area contributed by atoms with Crippen LogP contribution in [-0.4, -0.2) is 18.4 Å². The minimum atomic E-state index is -0.638. The van der Waals surface area contributed by atoms with Crippen LogP contribution in [0.4, 0.5) is 10.1 Å². The van der Waals surface area contributed by atoms with Crippen LogP contribution < -0.4 is 10.1 Å². The van der Waals surface area contributed by atoms with Gasteiger partial charge in [0, 0.05) is 11.8 Å². The van der Waals surface area contributed by atoms with Crippen LogP contribution in [0.3, 0.4) is 0 Å². The highest BCUT2D eigenvalue weighted by molar-refractivity contribution is 6.32. The van der Waals surface area contributed by atoms with E-state index in [1.54, 1.807) is 6.92 Å².